The predicted molar refractivity (Wildman–Crippen MR) is 195 cm³/mol. The molecule has 0 saturated heterocycles. The lowest BCUT2D eigenvalue weighted by atomic mass is 9.76. The molecule has 2 aliphatic rings. The Morgan fingerprint density at radius 3 is 2.14 bits per heavy atom. The Kier molecular flexibility index (Phi) is 10.7. The molecule has 6 rings (SSSR count). The summed E-state index contributed by atoms with van der Waals surface area (Å²) in [6, 6.07) is 29.1. The summed E-state index contributed by atoms with van der Waals surface area (Å²) in [5, 5.41) is 12.8. The van der Waals surface area contributed by atoms with Gasteiger partial charge in [0.15, 0.2) is 0 Å². The number of rotatable bonds is 12. The van der Waals surface area contributed by atoms with Gasteiger partial charge < -0.3 is 19.9 Å². The summed E-state index contributed by atoms with van der Waals surface area (Å²) >= 11 is 0. The number of anilines is 1. The molecular weight excluding hydrogens is 626 g/mol. The van der Waals surface area contributed by atoms with Gasteiger partial charge in [-0.15, -0.1) is 0 Å². The van der Waals surface area contributed by atoms with E-state index in [1.807, 2.05) is 60.7 Å². The molecule has 2 atom stereocenters. The maximum Gasteiger partial charge on any atom is 0.335 e. The number of carbonyl (C=O) groups is 3. The van der Waals surface area contributed by atoms with E-state index in [1.54, 1.807) is 12.1 Å². The van der Waals surface area contributed by atoms with Gasteiger partial charge in [-0.3, -0.25) is 9.59 Å². The Hall–Kier alpha value is -4.91. The SMILES string of the molecule is CC(C)(C)c1ccc(CCC(c2ccc(C(=O)O)cc2)C(OC=O)C2CCCCC2)cc1NC(=O)CC1c2ccccc2Oc2ccccc21. The lowest BCUT2D eigenvalue weighted by Gasteiger charge is -2.35. The van der Waals surface area contributed by atoms with Gasteiger partial charge in [0.1, 0.15) is 17.6 Å². The first kappa shape index (κ1) is 34.9. The van der Waals surface area contributed by atoms with Crippen molar-refractivity contribution in [1.29, 1.82) is 0 Å². The van der Waals surface area contributed by atoms with Crippen molar-refractivity contribution in [3.05, 3.63) is 124 Å². The summed E-state index contributed by atoms with van der Waals surface area (Å²) in [5.41, 5.74) is 5.88. The standard InChI is InChI=1S/C43H47NO6/c1-43(2,3)36-24-18-28(17-23-32(29-19-21-31(22-20-29)42(47)48)41(49-27-45)30-11-5-4-6-12-30)25-37(36)44-40(46)26-35-33-13-7-9-15-38(33)50-39-16-10-8-14-34(35)39/h7-10,13-16,18-22,24-25,27,30,32,35,41H,4-6,11-12,17,23,26H2,1-3H3,(H,44,46)(H,47,48). The highest BCUT2D eigenvalue weighted by Crippen LogP contribution is 2.46. The number of hydrogen-bond donors (Lipinski definition) is 2. The lowest BCUT2D eigenvalue weighted by molar-refractivity contribution is -0.138. The summed E-state index contributed by atoms with van der Waals surface area (Å²) in [6.45, 7) is 7.00. The second-order valence-electron chi connectivity index (χ2n) is 14.8. The monoisotopic (exact) mass is 673 g/mol. The van der Waals surface area contributed by atoms with Crippen molar-refractivity contribution < 1.29 is 29.0 Å². The van der Waals surface area contributed by atoms with Crippen LogP contribution in [0.5, 0.6) is 11.5 Å². The Bertz CT molecular complexity index is 1770. The van der Waals surface area contributed by atoms with Crippen LogP contribution in [0.4, 0.5) is 5.69 Å². The van der Waals surface area contributed by atoms with Crippen molar-refractivity contribution >= 4 is 24.0 Å². The summed E-state index contributed by atoms with van der Waals surface area (Å²) in [4.78, 5) is 37.3. The highest BCUT2D eigenvalue weighted by atomic mass is 16.5. The van der Waals surface area contributed by atoms with Gasteiger partial charge in [0, 0.05) is 35.1 Å². The van der Waals surface area contributed by atoms with E-state index in [0.717, 1.165) is 70.7 Å². The van der Waals surface area contributed by atoms with Crippen LogP contribution in [0.25, 0.3) is 0 Å². The number of para-hydroxylation sites is 2. The number of ether oxygens (including phenoxy) is 2. The van der Waals surface area contributed by atoms with Crippen molar-refractivity contribution in [3.8, 4) is 11.5 Å². The van der Waals surface area contributed by atoms with E-state index in [4.69, 9.17) is 9.47 Å². The third-order valence-corrected chi connectivity index (χ3v) is 10.4. The van der Waals surface area contributed by atoms with Crippen LogP contribution in [0.15, 0.2) is 91.0 Å². The molecule has 1 aliphatic carbocycles. The first-order valence-electron chi connectivity index (χ1n) is 17.8. The molecule has 2 N–H and O–H groups in total. The average Bonchev–Trinajstić information content (AvgIpc) is 3.11. The molecule has 0 spiro atoms. The zero-order chi connectivity index (χ0) is 35.3. The van der Waals surface area contributed by atoms with E-state index >= 15 is 0 Å². The highest BCUT2D eigenvalue weighted by molar-refractivity contribution is 5.93. The van der Waals surface area contributed by atoms with Gasteiger partial charge in [0.25, 0.3) is 6.47 Å². The number of carbonyl (C=O) groups excluding carboxylic acids is 2. The number of benzene rings is 4. The van der Waals surface area contributed by atoms with E-state index < -0.39 is 5.97 Å². The van der Waals surface area contributed by atoms with Crippen LogP contribution >= 0.6 is 0 Å². The molecule has 1 aliphatic heterocycles. The smallest absolute Gasteiger partial charge is 0.335 e. The molecule has 1 saturated carbocycles. The lowest BCUT2D eigenvalue weighted by Crippen LogP contribution is -2.32. The number of nitrogens with one attached hydrogen (secondary N) is 1. The third-order valence-electron chi connectivity index (χ3n) is 10.4. The van der Waals surface area contributed by atoms with Crippen LogP contribution in [0.3, 0.4) is 0 Å². The molecule has 4 aromatic carbocycles. The molecule has 0 bridgehead atoms. The van der Waals surface area contributed by atoms with Gasteiger partial charge in [-0.2, -0.15) is 0 Å². The fourth-order valence-corrected chi connectivity index (χ4v) is 7.90. The summed E-state index contributed by atoms with van der Waals surface area (Å²) in [6.07, 6.45) is 6.75. The Morgan fingerprint density at radius 1 is 0.900 bits per heavy atom. The van der Waals surface area contributed by atoms with Gasteiger partial charge in [0.2, 0.25) is 5.91 Å². The van der Waals surface area contributed by atoms with Crippen molar-refractivity contribution in [1.82, 2.24) is 0 Å². The minimum Gasteiger partial charge on any atom is -0.478 e. The number of amides is 1. The minimum atomic E-state index is -0.972. The Morgan fingerprint density at radius 2 is 1.54 bits per heavy atom. The van der Waals surface area contributed by atoms with E-state index in [1.165, 1.54) is 6.42 Å². The van der Waals surface area contributed by atoms with Crippen LogP contribution in [-0.2, 0) is 26.2 Å². The zero-order valence-electron chi connectivity index (χ0n) is 29.2. The van der Waals surface area contributed by atoms with Crippen LogP contribution in [-0.4, -0.2) is 29.6 Å². The van der Waals surface area contributed by atoms with Gasteiger partial charge in [-0.1, -0.05) is 101 Å². The number of fused-ring (bicyclic) bond motifs is 2. The Balaban J connectivity index is 1.26. The van der Waals surface area contributed by atoms with Crippen LogP contribution < -0.4 is 10.1 Å². The van der Waals surface area contributed by atoms with Gasteiger partial charge in [0.05, 0.1) is 5.56 Å². The van der Waals surface area contributed by atoms with Crippen molar-refractivity contribution in [2.45, 2.75) is 95.5 Å². The van der Waals surface area contributed by atoms with Crippen LogP contribution in [0, 0.1) is 5.92 Å². The zero-order valence-corrected chi connectivity index (χ0v) is 29.2. The molecule has 1 fully saturated rings. The molecular formula is C43H47NO6. The van der Waals surface area contributed by atoms with Gasteiger partial charge in [-0.25, -0.2) is 4.79 Å². The van der Waals surface area contributed by atoms with Crippen molar-refractivity contribution in [2.75, 3.05) is 5.32 Å². The second-order valence-corrected chi connectivity index (χ2v) is 14.8. The third kappa shape index (κ3) is 7.93. The number of hydrogen-bond acceptors (Lipinski definition) is 5. The van der Waals surface area contributed by atoms with E-state index in [-0.39, 0.29) is 47.2 Å². The van der Waals surface area contributed by atoms with Crippen LogP contribution in [0.2, 0.25) is 0 Å². The first-order chi connectivity index (χ1) is 24.1. The molecule has 1 heterocycles. The molecule has 7 nitrogen and oxygen atoms in total. The topological polar surface area (TPSA) is 102 Å². The first-order valence-corrected chi connectivity index (χ1v) is 17.8. The average molecular weight is 674 g/mol. The maximum absolute atomic E-state index is 13.9. The van der Waals surface area contributed by atoms with Gasteiger partial charge in [-0.05, 0) is 84.0 Å². The van der Waals surface area contributed by atoms with Crippen LogP contribution in [0.1, 0.15) is 116 Å². The fourth-order valence-electron chi connectivity index (χ4n) is 7.90. The quantitative estimate of drug-likeness (QED) is 0.145. The highest BCUT2D eigenvalue weighted by Gasteiger charge is 2.34. The number of carboxylic acid groups (broad SMARTS) is 1. The normalized spacial score (nSPS) is 15.9. The van der Waals surface area contributed by atoms with Crippen molar-refractivity contribution in [3.63, 3.8) is 0 Å². The summed E-state index contributed by atoms with van der Waals surface area (Å²) in [7, 11) is 0. The second kappa shape index (κ2) is 15.3. The van der Waals surface area contributed by atoms with Gasteiger partial charge >= 0.3 is 5.97 Å². The molecule has 4 aromatic rings. The number of aromatic carboxylic acids is 1. The minimum absolute atomic E-state index is 0.0719. The fraction of sp³-hybridized carbons (Fsp3) is 0.372. The van der Waals surface area contributed by atoms with Crippen molar-refractivity contribution in [2.24, 2.45) is 5.92 Å². The summed E-state index contributed by atoms with van der Waals surface area (Å²) in [5.74, 6) is 0.506. The molecule has 1 amide bonds. The Labute approximate surface area is 295 Å². The number of carboxylic acids is 1. The molecule has 0 aromatic heterocycles. The molecule has 50 heavy (non-hydrogen) atoms. The van der Waals surface area contributed by atoms with E-state index in [9.17, 15) is 19.5 Å². The van der Waals surface area contributed by atoms with E-state index in [0.29, 0.717) is 19.3 Å². The molecule has 2 unspecified atom stereocenters. The number of aryl methyl sites for hydroxylation is 1. The van der Waals surface area contributed by atoms with E-state index in [2.05, 4.69) is 44.3 Å². The largest absolute Gasteiger partial charge is 0.478 e. The molecule has 7 heteroatoms. The predicted octanol–water partition coefficient (Wildman–Crippen LogP) is 9.79. The maximum atomic E-state index is 13.9. The summed E-state index contributed by atoms with van der Waals surface area (Å²) < 4.78 is 12.0. The molecule has 260 valence electrons. The molecule has 0 radical (unpaired) electrons.